The number of aryl methyl sites for hydroxylation is 1. The van der Waals surface area contributed by atoms with Crippen molar-refractivity contribution in [3.63, 3.8) is 0 Å². The maximum absolute atomic E-state index is 11.6. The van der Waals surface area contributed by atoms with E-state index in [0.717, 1.165) is 31.2 Å². The Hall–Kier alpha value is -2.00. The molecule has 1 amide bonds. The van der Waals surface area contributed by atoms with Crippen molar-refractivity contribution in [1.82, 2.24) is 5.32 Å². The van der Waals surface area contributed by atoms with Crippen molar-refractivity contribution in [2.45, 2.75) is 25.7 Å². The van der Waals surface area contributed by atoms with Crippen LogP contribution >= 0.6 is 11.6 Å². The average Bonchev–Trinajstić information content (AvgIpc) is 2.55. The van der Waals surface area contributed by atoms with Gasteiger partial charge in [0.1, 0.15) is 0 Å². The van der Waals surface area contributed by atoms with Crippen LogP contribution in [-0.2, 0) is 17.6 Å². The van der Waals surface area contributed by atoms with Gasteiger partial charge in [0.2, 0.25) is 0 Å². The van der Waals surface area contributed by atoms with Crippen molar-refractivity contribution in [1.29, 1.82) is 0 Å². The van der Waals surface area contributed by atoms with Crippen LogP contribution in [0.4, 0.5) is 4.79 Å². The van der Waals surface area contributed by atoms with Gasteiger partial charge in [0.15, 0.2) is 0 Å². The normalized spacial score (nSPS) is 10.3. The molecule has 2 aromatic rings. The second-order valence-electron chi connectivity index (χ2n) is 5.39. The summed E-state index contributed by atoms with van der Waals surface area (Å²) in [6, 6.07) is 18.0. The van der Waals surface area contributed by atoms with Crippen molar-refractivity contribution >= 4 is 17.7 Å². The van der Waals surface area contributed by atoms with Crippen LogP contribution in [0.5, 0.6) is 0 Å². The van der Waals surface area contributed by atoms with Gasteiger partial charge in [-0.25, -0.2) is 4.79 Å². The fraction of sp³-hybridized carbons (Fsp3) is 0.316. The predicted octanol–water partition coefficient (Wildman–Crippen LogP) is 4.63. The number of unbranched alkanes of at least 4 members (excludes halogenated alkanes) is 1. The summed E-state index contributed by atoms with van der Waals surface area (Å²) in [5.41, 5.74) is 2.42. The minimum Gasteiger partial charge on any atom is -0.450 e. The molecule has 0 unspecified atom stereocenters. The summed E-state index contributed by atoms with van der Waals surface area (Å²) in [7, 11) is 0. The largest absolute Gasteiger partial charge is 0.450 e. The second-order valence-corrected chi connectivity index (χ2v) is 5.82. The predicted molar refractivity (Wildman–Crippen MR) is 93.9 cm³/mol. The fourth-order valence-electron chi connectivity index (χ4n) is 2.29. The van der Waals surface area contributed by atoms with Crippen LogP contribution in [0.2, 0.25) is 5.02 Å². The minimum absolute atomic E-state index is 0.355. The Morgan fingerprint density at radius 2 is 1.74 bits per heavy atom. The molecule has 0 radical (unpaired) electrons. The van der Waals surface area contributed by atoms with Gasteiger partial charge in [0, 0.05) is 11.6 Å². The Morgan fingerprint density at radius 3 is 2.52 bits per heavy atom. The second kappa shape index (κ2) is 9.90. The smallest absolute Gasteiger partial charge is 0.407 e. The summed E-state index contributed by atoms with van der Waals surface area (Å²) >= 11 is 5.92. The lowest BCUT2D eigenvalue weighted by atomic mass is 10.1. The van der Waals surface area contributed by atoms with E-state index in [0.29, 0.717) is 18.2 Å². The third-order valence-corrected chi connectivity index (χ3v) is 3.74. The highest BCUT2D eigenvalue weighted by molar-refractivity contribution is 6.30. The molecule has 0 aliphatic heterocycles. The van der Waals surface area contributed by atoms with Crippen molar-refractivity contribution in [2.24, 2.45) is 0 Å². The number of rotatable bonds is 8. The topological polar surface area (TPSA) is 38.3 Å². The Kier molecular flexibility index (Phi) is 7.47. The number of alkyl carbamates (subject to hydrolysis) is 1. The average molecular weight is 332 g/mol. The van der Waals surface area contributed by atoms with E-state index in [1.54, 1.807) is 0 Å². The van der Waals surface area contributed by atoms with Crippen LogP contribution in [0.1, 0.15) is 24.0 Å². The van der Waals surface area contributed by atoms with Crippen molar-refractivity contribution in [2.75, 3.05) is 13.2 Å². The molecule has 3 nitrogen and oxygen atoms in total. The number of halogens is 1. The first-order valence-electron chi connectivity index (χ1n) is 7.93. The highest BCUT2D eigenvalue weighted by Gasteiger charge is 2.02. The van der Waals surface area contributed by atoms with Gasteiger partial charge >= 0.3 is 6.09 Å². The highest BCUT2D eigenvalue weighted by atomic mass is 35.5. The molecule has 0 aromatic heterocycles. The van der Waals surface area contributed by atoms with Crippen LogP contribution in [0.3, 0.4) is 0 Å². The van der Waals surface area contributed by atoms with Crippen LogP contribution in [0, 0.1) is 0 Å². The molecule has 0 aliphatic carbocycles. The maximum atomic E-state index is 11.6. The summed E-state index contributed by atoms with van der Waals surface area (Å²) < 4.78 is 5.17. The van der Waals surface area contributed by atoms with Gasteiger partial charge in [-0.3, -0.25) is 0 Å². The molecular weight excluding hydrogens is 310 g/mol. The Morgan fingerprint density at radius 1 is 0.957 bits per heavy atom. The third kappa shape index (κ3) is 7.20. The van der Waals surface area contributed by atoms with Crippen molar-refractivity contribution in [3.8, 4) is 0 Å². The quantitative estimate of drug-likeness (QED) is 0.716. The molecule has 1 N–H and O–H groups in total. The molecule has 0 spiro atoms. The number of benzene rings is 2. The first kappa shape index (κ1) is 17.4. The summed E-state index contributed by atoms with van der Waals surface area (Å²) in [4.78, 5) is 11.6. The van der Waals surface area contributed by atoms with E-state index >= 15 is 0 Å². The van der Waals surface area contributed by atoms with Gasteiger partial charge in [-0.15, -0.1) is 0 Å². The molecule has 2 aromatic carbocycles. The van der Waals surface area contributed by atoms with Crippen LogP contribution < -0.4 is 5.32 Å². The number of carbonyl (C=O) groups is 1. The zero-order valence-corrected chi connectivity index (χ0v) is 13.9. The number of hydrogen-bond acceptors (Lipinski definition) is 2. The van der Waals surface area contributed by atoms with E-state index in [9.17, 15) is 4.79 Å². The Bertz CT molecular complexity index is 601. The van der Waals surface area contributed by atoms with E-state index in [4.69, 9.17) is 16.3 Å². The SMILES string of the molecule is O=C(NCCc1cccc(Cl)c1)OCCCCc1ccccc1. The number of nitrogens with one attached hydrogen (secondary N) is 1. The first-order chi connectivity index (χ1) is 11.2. The lowest BCUT2D eigenvalue weighted by Crippen LogP contribution is -2.26. The van der Waals surface area contributed by atoms with Gasteiger partial charge in [-0.1, -0.05) is 54.1 Å². The van der Waals surface area contributed by atoms with Gasteiger partial charge in [-0.05, 0) is 48.9 Å². The third-order valence-electron chi connectivity index (χ3n) is 3.51. The number of amides is 1. The molecule has 23 heavy (non-hydrogen) atoms. The van der Waals surface area contributed by atoms with Gasteiger partial charge in [-0.2, -0.15) is 0 Å². The molecule has 2 rings (SSSR count). The molecule has 0 bridgehead atoms. The summed E-state index contributed by atoms with van der Waals surface area (Å²) in [5, 5.41) is 3.47. The summed E-state index contributed by atoms with van der Waals surface area (Å²) in [6.07, 6.45) is 3.28. The number of hydrogen-bond donors (Lipinski definition) is 1. The Balaban J connectivity index is 1.52. The molecule has 122 valence electrons. The van der Waals surface area contributed by atoms with E-state index in [1.807, 2.05) is 42.5 Å². The van der Waals surface area contributed by atoms with E-state index in [1.165, 1.54) is 5.56 Å². The molecule has 0 saturated carbocycles. The molecular formula is C19H22ClNO2. The van der Waals surface area contributed by atoms with Crippen LogP contribution in [0.25, 0.3) is 0 Å². The lowest BCUT2D eigenvalue weighted by molar-refractivity contribution is 0.144. The molecule has 0 saturated heterocycles. The molecule has 0 heterocycles. The van der Waals surface area contributed by atoms with Gasteiger partial charge in [0.25, 0.3) is 0 Å². The first-order valence-corrected chi connectivity index (χ1v) is 8.31. The van der Waals surface area contributed by atoms with Gasteiger partial charge < -0.3 is 10.1 Å². The fourth-order valence-corrected chi connectivity index (χ4v) is 2.51. The molecule has 0 fully saturated rings. The minimum atomic E-state index is -0.355. The van der Waals surface area contributed by atoms with Gasteiger partial charge in [0.05, 0.1) is 6.61 Å². The molecule has 0 aliphatic rings. The number of carbonyl (C=O) groups excluding carboxylic acids is 1. The van der Waals surface area contributed by atoms with Crippen LogP contribution in [-0.4, -0.2) is 19.2 Å². The summed E-state index contributed by atoms with van der Waals surface area (Å²) in [6.45, 7) is 0.999. The Labute approximate surface area is 142 Å². The van der Waals surface area contributed by atoms with E-state index < -0.39 is 0 Å². The zero-order chi connectivity index (χ0) is 16.3. The van der Waals surface area contributed by atoms with Crippen molar-refractivity contribution in [3.05, 3.63) is 70.7 Å². The van der Waals surface area contributed by atoms with E-state index in [-0.39, 0.29) is 6.09 Å². The molecule has 0 atom stereocenters. The highest BCUT2D eigenvalue weighted by Crippen LogP contribution is 2.10. The van der Waals surface area contributed by atoms with Crippen molar-refractivity contribution < 1.29 is 9.53 Å². The van der Waals surface area contributed by atoms with Crippen LogP contribution in [0.15, 0.2) is 54.6 Å². The zero-order valence-electron chi connectivity index (χ0n) is 13.1. The molecule has 4 heteroatoms. The van der Waals surface area contributed by atoms with E-state index in [2.05, 4.69) is 17.4 Å². The standard InChI is InChI=1S/C19H22ClNO2/c20-18-11-6-10-17(15-18)12-13-21-19(22)23-14-5-4-9-16-7-2-1-3-8-16/h1-3,6-8,10-11,15H,4-5,9,12-14H2,(H,21,22). The maximum Gasteiger partial charge on any atom is 0.407 e. The monoisotopic (exact) mass is 331 g/mol. The lowest BCUT2D eigenvalue weighted by Gasteiger charge is -2.07. The number of ether oxygens (including phenoxy) is 1. The summed E-state index contributed by atoms with van der Waals surface area (Å²) in [5.74, 6) is 0.